The molecule has 2 aromatic rings. The number of fused-ring (bicyclic) bond motifs is 1. The maximum Gasteiger partial charge on any atom is 0.295 e. The minimum atomic E-state index is -0.824. The second-order valence-electron chi connectivity index (χ2n) is 7.37. The number of methoxy groups -OCH3 is 1. The molecule has 32 heavy (non-hydrogen) atoms. The van der Waals surface area contributed by atoms with Crippen LogP contribution in [0.4, 0.5) is 0 Å². The summed E-state index contributed by atoms with van der Waals surface area (Å²) in [5.41, 5.74) is 0.881. The van der Waals surface area contributed by atoms with Crippen molar-refractivity contribution in [3.05, 3.63) is 63.1 Å². The number of carbonyl (C=O) groups is 2. The van der Waals surface area contributed by atoms with Gasteiger partial charge in [-0.05, 0) is 42.3 Å². The van der Waals surface area contributed by atoms with Gasteiger partial charge in [0, 0.05) is 25.8 Å². The molecule has 1 N–H and O–H groups in total. The summed E-state index contributed by atoms with van der Waals surface area (Å²) in [6.07, 6.45) is 0.519. The van der Waals surface area contributed by atoms with Crippen LogP contribution >= 0.6 is 23.2 Å². The van der Waals surface area contributed by atoms with E-state index in [2.05, 4.69) is 0 Å². The van der Waals surface area contributed by atoms with Crippen molar-refractivity contribution in [1.82, 2.24) is 4.90 Å². The lowest BCUT2D eigenvalue weighted by molar-refractivity contribution is -0.140. The number of benzene rings is 2. The van der Waals surface area contributed by atoms with Crippen LogP contribution in [0.5, 0.6) is 11.5 Å². The van der Waals surface area contributed by atoms with E-state index in [0.717, 1.165) is 0 Å². The van der Waals surface area contributed by atoms with Gasteiger partial charge in [-0.2, -0.15) is 0 Å². The Morgan fingerprint density at radius 1 is 1.09 bits per heavy atom. The largest absolute Gasteiger partial charge is 0.507 e. The quantitative estimate of drug-likeness (QED) is 0.290. The van der Waals surface area contributed by atoms with Crippen molar-refractivity contribution in [2.75, 3.05) is 33.5 Å². The molecule has 2 aromatic carbocycles. The van der Waals surface area contributed by atoms with Crippen molar-refractivity contribution < 1.29 is 28.9 Å². The average molecular weight is 478 g/mol. The summed E-state index contributed by atoms with van der Waals surface area (Å²) >= 11 is 12.3. The number of aliphatic hydroxyl groups is 1. The molecule has 168 valence electrons. The Kier molecular flexibility index (Phi) is 6.60. The summed E-state index contributed by atoms with van der Waals surface area (Å²) in [6, 6.07) is 8.92. The van der Waals surface area contributed by atoms with Gasteiger partial charge in [-0.3, -0.25) is 9.59 Å². The smallest absolute Gasteiger partial charge is 0.295 e. The van der Waals surface area contributed by atoms with Gasteiger partial charge in [0.1, 0.15) is 19.0 Å². The Balaban J connectivity index is 1.82. The van der Waals surface area contributed by atoms with E-state index < -0.39 is 17.7 Å². The number of Topliss-reactive ketones (excluding diaryl/α,β-unsaturated/α-hetero) is 1. The molecule has 0 bridgehead atoms. The third kappa shape index (κ3) is 4.16. The Morgan fingerprint density at radius 3 is 2.56 bits per heavy atom. The van der Waals surface area contributed by atoms with E-state index in [-0.39, 0.29) is 22.9 Å². The maximum atomic E-state index is 13.0. The number of hydrogen-bond acceptors (Lipinski definition) is 6. The second-order valence-corrected chi connectivity index (χ2v) is 8.19. The van der Waals surface area contributed by atoms with Crippen LogP contribution in [0, 0.1) is 0 Å². The number of amides is 1. The van der Waals surface area contributed by atoms with Crippen LogP contribution in [-0.4, -0.2) is 55.2 Å². The highest BCUT2D eigenvalue weighted by Gasteiger charge is 2.46. The van der Waals surface area contributed by atoms with E-state index in [9.17, 15) is 14.7 Å². The zero-order valence-corrected chi connectivity index (χ0v) is 18.8. The predicted octanol–water partition coefficient (Wildman–Crippen LogP) is 4.22. The molecule has 1 saturated heterocycles. The van der Waals surface area contributed by atoms with Gasteiger partial charge < -0.3 is 24.2 Å². The predicted molar refractivity (Wildman–Crippen MR) is 119 cm³/mol. The third-order valence-electron chi connectivity index (χ3n) is 5.36. The lowest BCUT2D eigenvalue weighted by Gasteiger charge is -2.25. The second kappa shape index (κ2) is 9.40. The Bertz CT molecular complexity index is 1100. The summed E-state index contributed by atoms with van der Waals surface area (Å²) < 4.78 is 16.2. The van der Waals surface area contributed by atoms with Crippen molar-refractivity contribution in [1.29, 1.82) is 0 Å². The molecule has 1 atom stereocenters. The number of rotatable bonds is 6. The molecule has 4 rings (SSSR count). The average Bonchev–Trinajstić information content (AvgIpc) is 3.05. The molecule has 0 saturated carbocycles. The molecular weight excluding hydrogens is 457 g/mol. The fraction of sp³-hybridized carbons (Fsp3) is 0.304. The van der Waals surface area contributed by atoms with Gasteiger partial charge in [0.25, 0.3) is 11.7 Å². The first kappa shape index (κ1) is 22.5. The molecule has 1 fully saturated rings. The molecule has 0 aromatic heterocycles. The highest BCUT2D eigenvalue weighted by atomic mass is 35.5. The Hall–Kier alpha value is -2.74. The SMILES string of the molecule is COCCCN1C(=O)C(=O)C(=C(O)c2ccc3c(c2)OCCO3)[C@@H]1c1ccc(Cl)c(Cl)c1. The van der Waals surface area contributed by atoms with Crippen molar-refractivity contribution in [2.24, 2.45) is 0 Å². The van der Waals surface area contributed by atoms with Crippen molar-refractivity contribution in [2.45, 2.75) is 12.5 Å². The van der Waals surface area contributed by atoms with E-state index in [0.29, 0.717) is 53.9 Å². The minimum Gasteiger partial charge on any atom is -0.507 e. The molecule has 9 heteroatoms. The molecular formula is C23H21Cl2NO6. The van der Waals surface area contributed by atoms with Crippen LogP contribution in [0.25, 0.3) is 5.76 Å². The first-order valence-corrected chi connectivity index (χ1v) is 10.8. The molecule has 0 aliphatic carbocycles. The lowest BCUT2D eigenvalue weighted by atomic mass is 9.95. The van der Waals surface area contributed by atoms with Crippen LogP contribution in [0.1, 0.15) is 23.6 Å². The number of halogens is 2. The summed E-state index contributed by atoms with van der Waals surface area (Å²) in [7, 11) is 1.56. The Labute approximate surface area is 195 Å². The van der Waals surface area contributed by atoms with Crippen LogP contribution in [0.3, 0.4) is 0 Å². The highest BCUT2D eigenvalue weighted by molar-refractivity contribution is 6.46. The van der Waals surface area contributed by atoms with Crippen molar-refractivity contribution in [3.8, 4) is 11.5 Å². The van der Waals surface area contributed by atoms with Crippen molar-refractivity contribution in [3.63, 3.8) is 0 Å². The summed E-state index contributed by atoms with van der Waals surface area (Å²) in [5.74, 6) is -0.762. The normalized spacial score (nSPS) is 19.5. The van der Waals surface area contributed by atoms with Crippen molar-refractivity contribution >= 4 is 40.7 Å². The van der Waals surface area contributed by atoms with Gasteiger partial charge in [0.15, 0.2) is 11.5 Å². The maximum absolute atomic E-state index is 13.0. The molecule has 2 aliphatic heterocycles. The van der Waals surface area contributed by atoms with Gasteiger partial charge in [0.2, 0.25) is 0 Å². The van der Waals surface area contributed by atoms with Crippen LogP contribution in [0.2, 0.25) is 10.0 Å². The molecule has 1 amide bonds. The molecule has 2 heterocycles. The summed E-state index contributed by atoms with van der Waals surface area (Å²) in [4.78, 5) is 27.4. The summed E-state index contributed by atoms with van der Waals surface area (Å²) in [5, 5.41) is 11.8. The number of aliphatic hydroxyl groups excluding tert-OH is 1. The van der Waals surface area contributed by atoms with Crippen LogP contribution < -0.4 is 9.47 Å². The number of hydrogen-bond donors (Lipinski definition) is 1. The molecule has 7 nitrogen and oxygen atoms in total. The fourth-order valence-corrected chi connectivity index (χ4v) is 4.17. The zero-order chi connectivity index (χ0) is 22.8. The highest BCUT2D eigenvalue weighted by Crippen LogP contribution is 2.42. The number of likely N-dealkylation sites (tertiary alicyclic amines) is 1. The Morgan fingerprint density at radius 2 is 1.84 bits per heavy atom. The van der Waals surface area contributed by atoms with Crippen LogP contribution in [-0.2, 0) is 14.3 Å². The zero-order valence-electron chi connectivity index (χ0n) is 17.3. The fourth-order valence-electron chi connectivity index (χ4n) is 3.87. The molecule has 0 spiro atoms. The van der Waals surface area contributed by atoms with Gasteiger partial charge >= 0.3 is 0 Å². The topological polar surface area (TPSA) is 85.3 Å². The van der Waals surface area contributed by atoms with E-state index in [1.807, 2.05) is 0 Å². The van der Waals surface area contributed by atoms with Gasteiger partial charge in [0.05, 0.1) is 21.7 Å². The number of ether oxygens (including phenoxy) is 3. The van der Waals surface area contributed by atoms with E-state index in [1.165, 1.54) is 4.90 Å². The van der Waals surface area contributed by atoms with Gasteiger partial charge in [-0.25, -0.2) is 0 Å². The minimum absolute atomic E-state index is 0.0255. The monoisotopic (exact) mass is 477 g/mol. The summed E-state index contributed by atoms with van der Waals surface area (Å²) in [6.45, 7) is 1.49. The van der Waals surface area contributed by atoms with E-state index >= 15 is 0 Å². The van der Waals surface area contributed by atoms with Gasteiger partial charge in [-0.15, -0.1) is 0 Å². The number of ketones is 1. The first-order valence-electron chi connectivity index (χ1n) is 10.0. The molecule has 0 unspecified atom stereocenters. The van der Waals surface area contributed by atoms with E-state index in [4.69, 9.17) is 37.4 Å². The number of carbonyl (C=O) groups excluding carboxylic acids is 2. The van der Waals surface area contributed by atoms with Crippen LogP contribution in [0.15, 0.2) is 42.0 Å². The lowest BCUT2D eigenvalue weighted by Crippen LogP contribution is -2.31. The van der Waals surface area contributed by atoms with Gasteiger partial charge in [-0.1, -0.05) is 29.3 Å². The third-order valence-corrected chi connectivity index (χ3v) is 6.10. The molecule has 2 aliphatic rings. The molecule has 0 radical (unpaired) electrons. The first-order chi connectivity index (χ1) is 15.4. The standard InChI is InChI=1S/C23H21Cl2NO6/c1-30-8-2-7-26-20(13-3-5-15(24)16(25)11-13)19(22(28)23(26)29)21(27)14-4-6-17-18(12-14)32-10-9-31-17/h3-6,11-12,20,27H,2,7-10H2,1H3/t20-/m0/s1. The number of nitrogens with zero attached hydrogens (tertiary/aromatic N) is 1. The van der Waals surface area contributed by atoms with E-state index in [1.54, 1.807) is 43.5 Å².